The highest BCUT2D eigenvalue weighted by molar-refractivity contribution is 6.29. The van der Waals surface area contributed by atoms with Gasteiger partial charge in [-0.15, -0.1) is 0 Å². The summed E-state index contributed by atoms with van der Waals surface area (Å²) in [4.78, 5) is 0. The van der Waals surface area contributed by atoms with Crippen LogP contribution in [0, 0.1) is 11.3 Å². The molecule has 3 nitrogen and oxygen atoms in total. The number of fused-ring (bicyclic) bond motifs is 12. The molecule has 2 aromatic heterocycles. The van der Waals surface area contributed by atoms with Crippen molar-refractivity contribution in [2.75, 3.05) is 0 Å². The first kappa shape index (κ1) is 25.0. The topological polar surface area (TPSA) is 33.6 Å². The second-order valence-corrected chi connectivity index (χ2v) is 12.0. The van der Waals surface area contributed by atoms with Gasteiger partial charge in [-0.05, 0) is 70.1 Å². The van der Waals surface area contributed by atoms with Gasteiger partial charge in [0.05, 0.1) is 39.4 Å². The minimum Gasteiger partial charge on any atom is -0.309 e. The van der Waals surface area contributed by atoms with Crippen LogP contribution in [0.4, 0.5) is 0 Å². The third-order valence-electron chi connectivity index (χ3n) is 9.71. The van der Waals surface area contributed by atoms with Crippen molar-refractivity contribution in [3.05, 3.63) is 157 Å². The number of hydrogen-bond donors (Lipinski definition) is 0. The van der Waals surface area contributed by atoms with Gasteiger partial charge in [0.2, 0.25) is 0 Å². The number of hydrogen-bond acceptors (Lipinski definition) is 1. The fraction of sp³-hybridized carbons (Fsp3) is 0. The highest BCUT2D eigenvalue weighted by Gasteiger charge is 2.21. The van der Waals surface area contributed by atoms with Gasteiger partial charge in [0, 0.05) is 38.0 Å². The van der Waals surface area contributed by atoms with Crippen LogP contribution in [0.25, 0.3) is 87.3 Å². The Bertz CT molecular complexity index is 2920. The van der Waals surface area contributed by atoms with Gasteiger partial charge in [0.15, 0.2) is 0 Å². The third kappa shape index (κ3) is 3.25. The molecule has 2 heterocycles. The van der Waals surface area contributed by atoms with Gasteiger partial charge in [-0.25, -0.2) is 0 Å². The maximum Gasteiger partial charge on any atom is 0.0998 e. The van der Waals surface area contributed by atoms with Gasteiger partial charge < -0.3 is 9.13 Å². The Kier molecular flexibility index (Phi) is 5.06. The van der Waals surface area contributed by atoms with E-state index in [4.69, 9.17) is 0 Å². The molecule has 10 aromatic rings. The SMILES string of the molecule is N#Cc1ccc(-n2c3ccccc3c3cc4c5ccccc5n(-c5ccccc5)c4cc32)c2c3ccccc3c3ccccc3c12. The second-order valence-electron chi connectivity index (χ2n) is 12.0. The first-order valence-electron chi connectivity index (χ1n) is 15.6. The van der Waals surface area contributed by atoms with E-state index in [1.165, 1.54) is 32.4 Å². The molecule has 212 valence electrons. The minimum atomic E-state index is 0.688. The van der Waals surface area contributed by atoms with Crippen LogP contribution in [0.2, 0.25) is 0 Å². The Hall–Kier alpha value is -6.37. The quantitative estimate of drug-likeness (QED) is 0.186. The molecule has 0 bridgehead atoms. The predicted molar refractivity (Wildman–Crippen MR) is 192 cm³/mol. The lowest BCUT2D eigenvalue weighted by Gasteiger charge is -2.17. The number of nitrogens with zero attached hydrogens (tertiary/aromatic N) is 3. The molecule has 0 atom stereocenters. The monoisotopic (exact) mass is 583 g/mol. The smallest absolute Gasteiger partial charge is 0.0998 e. The lowest BCUT2D eigenvalue weighted by Crippen LogP contribution is -1.99. The molecule has 0 amide bonds. The molecule has 10 rings (SSSR count). The fourth-order valence-electron chi connectivity index (χ4n) is 7.84. The van der Waals surface area contributed by atoms with Crippen LogP contribution in [0.5, 0.6) is 0 Å². The van der Waals surface area contributed by atoms with E-state index in [1.54, 1.807) is 0 Å². The summed E-state index contributed by atoms with van der Waals surface area (Å²) in [6.07, 6.45) is 0. The maximum absolute atomic E-state index is 10.4. The Morgan fingerprint density at radius 3 is 1.50 bits per heavy atom. The molecular formula is C43H25N3. The molecule has 3 heteroatoms. The van der Waals surface area contributed by atoms with Crippen molar-refractivity contribution < 1.29 is 0 Å². The zero-order chi connectivity index (χ0) is 30.4. The van der Waals surface area contributed by atoms with Crippen LogP contribution in [0.15, 0.2) is 152 Å². The molecule has 0 N–H and O–H groups in total. The zero-order valence-electron chi connectivity index (χ0n) is 24.8. The first-order valence-corrected chi connectivity index (χ1v) is 15.6. The fourth-order valence-corrected chi connectivity index (χ4v) is 7.84. The van der Waals surface area contributed by atoms with Crippen molar-refractivity contribution >= 4 is 75.9 Å². The molecule has 0 aliphatic carbocycles. The van der Waals surface area contributed by atoms with Crippen LogP contribution >= 0.6 is 0 Å². The van der Waals surface area contributed by atoms with E-state index in [0.29, 0.717) is 5.56 Å². The van der Waals surface area contributed by atoms with Gasteiger partial charge >= 0.3 is 0 Å². The van der Waals surface area contributed by atoms with E-state index in [9.17, 15) is 5.26 Å². The Labute approximate surface area is 264 Å². The molecule has 0 unspecified atom stereocenters. The van der Waals surface area contributed by atoms with Crippen molar-refractivity contribution in [3.8, 4) is 17.4 Å². The van der Waals surface area contributed by atoms with Crippen LogP contribution in [-0.2, 0) is 0 Å². The summed E-state index contributed by atoms with van der Waals surface area (Å²) in [5, 5.41) is 22.0. The highest BCUT2D eigenvalue weighted by Crippen LogP contribution is 2.44. The van der Waals surface area contributed by atoms with Gasteiger partial charge in [-0.2, -0.15) is 5.26 Å². The summed E-state index contributed by atoms with van der Waals surface area (Å²) < 4.78 is 4.80. The van der Waals surface area contributed by atoms with E-state index >= 15 is 0 Å². The van der Waals surface area contributed by atoms with E-state index in [1.807, 2.05) is 6.07 Å². The molecule has 8 aromatic carbocycles. The van der Waals surface area contributed by atoms with Gasteiger partial charge in [-0.3, -0.25) is 0 Å². The maximum atomic E-state index is 10.4. The van der Waals surface area contributed by atoms with Crippen LogP contribution in [0.1, 0.15) is 5.56 Å². The van der Waals surface area contributed by atoms with Crippen molar-refractivity contribution in [1.82, 2.24) is 9.13 Å². The number of rotatable bonds is 2. The number of para-hydroxylation sites is 3. The molecule has 0 saturated heterocycles. The summed E-state index contributed by atoms with van der Waals surface area (Å²) in [6, 6.07) is 56.5. The van der Waals surface area contributed by atoms with Crippen LogP contribution in [-0.4, -0.2) is 9.13 Å². The van der Waals surface area contributed by atoms with Crippen molar-refractivity contribution in [2.45, 2.75) is 0 Å². The lowest BCUT2D eigenvalue weighted by molar-refractivity contribution is 1.17. The Balaban J connectivity index is 1.44. The third-order valence-corrected chi connectivity index (χ3v) is 9.71. The summed E-state index contributed by atoms with van der Waals surface area (Å²) in [7, 11) is 0. The largest absolute Gasteiger partial charge is 0.309 e. The minimum absolute atomic E-state index is 0.688. The highest BCUT2D eigenvalue weighted by atomic mass is 15.0. The van der Waals surface area contributed by atoms with Crippen LogP contribution in [0.3, 0.4) is 0 Å². The van der Waals surface area contributed by atoms with Crippen molar-refractivity contribution in [3.63, 3.8) is 0 Å². The predicted octanol–water partition coefficient (Wildman–Crippen LogP) is 11.2. The summed E-state index contributed by atoms with van der Waals surface area (Å²) in [5.41, 5.74) is 7.53. The second kappa shape index (κ2) is 9.32. The number of nitriles is 1. The lowest BCUT2D eigenvalue weighted by atomic mass is 9.91. The van der Waals surface area contributed by atoms with Crippen molar-refractivity contribution in [2.24, 2.45) is 0 Å². The zero-order valence-corrected chi connectivity index (χ0v) is 24.8. The molecule has 0 spiro atoms. The summed E-state index contributed by atoms with van der Waals surface area (Å²) >= 11 is 0. The molecule has 0 radical (unpaired) electrons. The van der Waals surface area contributed by atoms with E-state index in [2.05, 4.69) is 161 Å². The average molecular weight is 584 g/mol. The van der Waals surface area contributed by atoms with Crippen molar-refractivity contribution in [1.29, 1.82) is 5.26 Å². The van der Waals surface area contributed by atoms with E-state index in [0.717, 1.165) is 54.9 Å². The number of benzene rings is 8. The normalized spacial score (nSPS) is 11.9. The van der Waals surface area contributed by atoms with Gasteiger partial charge in [0.25, 0.3) is 0 Å². The van der Waals surface area contributed by atoms with Gasteiger partial charge in [0.1, 0.15) is 0 Å². The van der Waals surface area contributed by atoms with Gasteiger partial charge in [-0.1, -0.05) is 103 Å². The molecule has 0 fully saturated rings. The van der Waals surface area contributed by atoms with E-state index < -0.39 is 0 Å². The first-order chi connectivity index (χ1) is 22.8. The molecule has 0 aliphatic rings. The van der Waals surface area contributed by atoms with Crippen LogP contribution < -0.4 is 0 Å². The average Bonchev–Trinajstić information content (AvgIpc) is 3.62. The summed E-state index contributed by atoms with van der Waals surface area (Å²) in [6.45, 7) is 0. The number of aromatic nitrogens is 2. The molecular weight excluding hydrogens is 558 g/mol. The summed E-state index contributed by atoms with van der Waals surface area (Å²) in [5.74, 6) is 0. The molecule has 46 heavy (non-hydrogen) atoms. The standard InChI is InChI=1S/C43H25N3/c44-26-27-22-23-39(43-34-19-7-5-15-30(34)29-14-4-6-18-33(29)42(27)43)46-38-21-11-9-17-32(38)36-24-35-31-16-8-10-20-37(31)45(40(35)25-41(36)46)28-12-2-1-3-13-28/h1-25H. The van der Waals surface area contributed by atoms with E-state index in [-0.39, 0.29) is 0 Å². The molecule has 0 aliphatic heterocycles. The Morgan fingerprint density at radius 1 is 0.370 bits per heavy atom. The Morgan fingerprint density at radius 2 is 0.870 bits per heavy atom. The molecule has 0 saturated carbocycles.